The van der Waals surface area contributed by atoms with Gasteiger partial charge in [0.25, 0.3) is 0 Å². The summed E-state index contributed by atoms with van der Waals surface area (Å²) in [6.07, 6.45) is 4.24. The van der Waals surface area contributed by atoms with Gasteiger partial charge in [0.05, 0.1) is 0 Å². The summed E-state index contributed by atoms with van der Waals surface area (Å²) in [5.74, 6) is 0.313. The van der Waals surface area contributed by atoms with Crippen LogP contribution >= 0.6 is 0 Å². The minimum Gasteiger partial charge on any atom is -0.327 e. The first kappa shape index (κ1) is 10.6. The van der Waals surface area contributed by atoms with Gasteiger partial charge in [0, 0.05) is 18.9 Å². The molecule has 0 rings (SSSR count). The summed E-state index contributed by atoms with van der Waals surface area (Å²) in [4.78, 5) is 11.0. The second-order valence-corrected chi connectivity index (χ2v) is 3.04. The van der Waals surface area contributed by atoms with Crippen molar-refractivity contribution in [3.8, 4) is 0 Å². The maximum absolute atomic E-state index is 11.0. The molecule has 2 heteroatoms. The summed E-state index contributed by atoms with van der Waals surface area (Å²) < 4.78 is 0. The third-order valence-electron chi connectivity index (χ3n) is 1.68. The molecule has 0 aromatic rings. The van der Waals surface area contributed by atoms with Crippen molar-refractivity contribution in [2.24, 2.45) is 5.73 Å². The topological polar surface area (TPSA) is 43.1 Å². The molecule has 0 spiro atoms. The number of hydrogen-bond acceptors (Lipinski definition) is 2. The smallest absolute Gasteiger partial charge is 0.134 e. The highest BCUT2D eigenvalue weighted by Crippen LogP contribution is 2.02. The minimum atomic E-state index is 0.0963. The van der Waals surface area contributed by atoms with Gasteiger partial charge in [0.2, 0.25) is 0 Å². The lowest BCUT2D eigenvalue weighted by Crippen LogP contribution is -2.23. The SMILES string of the molecule is CCCC(=O)CC(N)CCC. The molecule has 2 N–H and O–H groups in total. The Labute approximate surface area is 69.2 Å². The first-order chi connectivity index (χ1) is 5.20. The Hall–Kier alpha value is -0.370. The van der Waals surface area contributed by atoms with Crippen molar-refractivity contribution in [2.75, 3.05) is 0 Å². The van der Waals surface area contributed by atoms with Crippen molar-refractivity contribution < 1.29 is 4.79 Å². The van der Waals surface area contributed by atoms with Crippen molar-refractivity contribution in [3.63, 3.8) is 0 Å². The van der Waals surface area contributed by atoms with Crippen LogP contribution in [0.25, 0.3) is 0 Å². The van der Waals surface area contributed by atoms with Gasteiger partial charge >= 0.3 is 0 Å². The van der Waals surface area contributed by atoms with E-state index in [9.17, 15) is 4.79 Å². The van der Waals surface area contributed by atoms with Gasteiger partial charge in [-0.2, -0.15) is 0 Å². The molecule has 0 heterocycles. The average Bonchev–Trinajstić information content (AvgIpc) is 1.87. The number of carbonyl (C=O) groups is 1. The second-order valence-electron chi connectivity index (χ2n) is 3.04. The molecular weight excluding hydrogens is 138 g/mol. The lowest BCUT2D eigenvalue weighted by atomic mass is 10.0. The predicted octanol–water partition coefficient (Wildman–Crippen LogP) is 1.87. The Morgan fingerprint density at radius 1 is 1.36 bits per heavy atom. The summed E-state index contributed by atoms with van der Waals surface area (Å²) >= 11 is 0. The molecule has 0 aliphatic rings. The maximum Gasteiger partial charge on any atom is 0.134 e. The summed E-state index contributed by atoms with van der Waals surface area (Å²) in [5, 5.41) is 0. The van der Waals surface area contributed by atoms with Crippen LogP contribution in [0.4, 0.5) is 0 Å². The van der Waals surface area contributed by atoms with Gasteiger partial charge in [-0.1, -0.05) is 20.3 Å². The Morgan fingerprint density at radius 3 is 2.45 bits per heavy atom. The fourth-order valence-electron chi connectivity index (χ4n) is 1.15. The van der Waals surface area contributed by atoms with Crippen LogP contribution < -0.4 is 5.73 Å². The molecule has 0 fully saturated rings. The molecule has 0 aromatic carbocycles. The molecule has 0 saturated carbocycles. The molecule has 1 unspecified atom stereocenters. The highest BCUT2D eigenvalue weighted by molar-refractivity contribution is 5.78. The molecule has 1 atom stereocenters. The zero-order chi connectivity index (χ0) is 8.69. The lowest BCUT2D eigenvalue weighted by molar-refractivity contribution is -0.119. The zero-order valence-electron chi connectivity index (χ0n) is 7.60. The van der Waals surface area contributed by atoms with Crippen molar-refractivity contribution >= 4 is 5.78 Å². The predicted molar refractivity (Wildman–Crippen MR) is 47.4 cm³/mol. The molecule has 0 aromatic heterocycles. The molecule has 0 aliphatic heterocycles. The quantitative estimate of drug-likeness (QED) is 0.639. The third-order valence-corrected chi connectivity index (χ3v) is 1.68. The summed E-state index contributed by atoms with van der Waals surface area (Å²) in [7, 11) is 0. The van der Waals surface area contributed by atoms with Crippen molar-refractivity contribution in [2.45, 2.75) is 52.0 Å². The molecule has 2 nitrogen and oxygen atoms in total. The van der Waals surface area contributed by atoms with Gasteiger partial charge in [-0.25, -0.2) is 0 Å². The van der Waals surface area contributed by atoms with Gasteiger partial charge < -0.3 is 5.73 Å². The van der Waals surface area contributed by atoms with Gasteiger partial charge in [0.15, 0.2) is 0 Å². The maximum atomic E-state index is 11.0. The molecule has 0 aliphatic carbocycles. The van der Waals surface area contributed by atoms with Crippen LogP contribution in [0.3, 0.4) is 0 Å². The van der Waals surface area contributed by atoms with E-state index in [1.54, 1.807) is 0 Å². The Balaban J connectivity index is 3.40. The Kier molecular flexibility index (Phi) is 6.13. The van der Waals surface area contributed by atoms with E-state index in [4.69, 9.17) is 5.73 Å². The first-order valence-electron chi connectivity index (χ1n) is 4.48. The fraction of sp³-hybridized carbons (Fsp3) is 0.889. The summed E-state index contributed by atoms with van der Waals surface area (Å²) in [5.41, 5.74) is 5.69. The van der Waals surface area contributed by atoms with E-state index in [1.807, 2.05) is 6.92 Å². The normalized spacial score (nSPS) is 13.0. The Bertz CT molecular complexity index is 112. The lowest BCUT2D eigenvalue weighted by Gasteiger charge is -2.07. The van der Waals surface area contributed by atoms with Crippen molar-refractivity contribution in [1.29, 1.82) is 0 Å². The van der Waals surface area contributed by atoms with Gasteiger partial charge in [0.1, 0.15) is 5.78 Å². The van der Waals surface area contributed by atoms with Crippen LogP contribution in [0.5, 0.6) is 0 Å². The van der Waals surface area contributed by atoms with E-state index in [-0.39, 0.29) is 6.04 Å². The van der Waals surface area contributed by atoms with E-state index in [0.717, 1.165) is 19.3 Å². The number of ketones is 1. The van der Waals surface area contributed by atoms with E-state index in [0.29, 0.717) is 18.6 Å². The Morgan fingerprint density at radius 2 is 2.00 bits per heavy atom. The van der Waals surface area contributed by atoms with E-state index >= 15 is 0 Å². The van der Waals surface area contributed by atoms with Crippen molar-refractivity contribution in [1.82, 2.24) is 0 Å². The van der Waals surface area contributed by atoms with Crippen LogP contribution in [0.15, 0.2) is 0 Å². The van der Waals surface area contributed by atoms with Crippen LogP contribution in [-0.4, -0.2) is 11.8 Å². The van der Waals surface area contributed by atoms with Crippen LogP contribution in [0.1, 0.15) is 46.0 Å². The molecule has 66 valence electrons. The highest BCUT2D eigenvalue weighted by atomic mass is 16.1. The minimum absolute atomic E-state index is 0.0963. The molecule has 0 bridgehead atoms. The van der Waals surface area contributed by atoms with E-state index in [1.165, 1.54) is 0 Å². The number of nitrogens with two attached hydrogens (primary N) is 1. The number of hydrogen-bond donors (Lipinski definition) is 1. The van der Waals surface area contributed by atoms with Gasteiger partial charge in [-0.3, -0.25) is 4.79 Å². The fourth-order valence-corrected chi connectivity index (χ4v) is 1.15. The van der Waals surface area contributed by atoms with Crippen LogP contribution in [0, 0.1) is 0 Å². The first-order valence-corrected chi connectivity index (χ1v) is 4.48. The average molecular weight is 157 g/mol. The number of rotatable bonds is 6. The zero-order valence-corrected chi connectivity index (χ0v) is 7.60. The highest BCUT2D eigenvalue weighted by Gasteiger charge is 2.06. The van der Waals surface area contributed by atoms with Gasteiger partial charge in [-0.15, -0.1) is 0 Å². The molecule has 0 radical (unpaired) electrons. The van der Waals surface area contributed by atoms with Crippen LogP contribution in [-0.2, 0) is 4.79 Å². The summed E-state index contributed by atoms with van der Waals surface area (Å²) in [6, 6.07) is 0.0963. The van der Waals surface area contributed by atoms with E-state index < -0.39 is 0 Å². The monoisotopic (exact) mass is 157 g/mol. The third kappa shape index (κ3) is 6.05. The van der Waals surface area contributed by atoms with Gasteiger partial charge in [-0.05, 0) is 12.8 Å². The number of Topliss-reactive ketones (excluding diaryl/α,β-unsaturated/α-hetero) is 1. The number of carbonyl (C=O) groups excluding carboxylic acids is 1. The molecule has 0 saturated heterocycles. The molecule has 0 amide bonds. The van der Waals surface area contributed by atoms with E-state index in [2.05, 4.69) is 6.92 Å². The molecular formula is C9H19NO. The van der Waals surface area contributed by atoms with Crippen LogP contribution in [0.2, 0.25) is 0 Å². The second kappa shape index (κ2) is 6.35. The standard InChI is InChI=1S/C9H19NO/c1-3-5-8(10)7-9(11)6-4-2/h8H,3-7,10H2,1-2H3. The summed E-state index contributed by atoms with van der Waals surface area (Å²) in [6.45, 7) is 4.10. The van der Waals surface area contributed by atoms with Crippen molar-refractivity contribution in [3.05, 3.63) is 0 Å². The largest absolute Gasteiger partial charge is 0.327 e. The molecule has 11 heavy (non-hydrogen) atoms.